The molecule has 0 bridgehead atoms. The van der Waals surface area contributed by atoms with Crippen molar-refractivity contribution in [1.29, 1.82) is 0 Å². The van der Waals surface area contributed by atoms with Crippen LogP contribution in [-0.2, 0) is 6.54 Å². The van der Waals surface area contributed by atoms with Crippen LogP contribution in [0.15, 0.2) is 29.3 Å². The molecule has 5 nitrogen and oxygen atoms in total. The van der Waals surface area contributed by atoms with Gasteiger partial charge >= 0.3 is 5.69 Å². The molecule has 1 fully saturated rings. The molecule has 0 atom stereocenters. The molecule has 1 aromatic rings. The zero-order chi connectivity index (χ0) is 13.8. The normalized spacial score (nSPS) is 14.2. The molecule has 2 rings (SSSR count). The van der Waals surface area contributed by atoms with Crippen molar-refractivity contribution in [1.82, 2.24) is 5.32 Å². The van der Waals surface area contributed by atoms with Gasteiger partial charge in [0, 0.05) is 23.1 Å². The molecular weight excluding hydrogens is 312 g/mol. The number of nitro groups is 1. The van der Waals surface area contributed by atoms with Crippen LogP contribution in [0.1, 0.15) is 18.4 Å². The van der Waals surface area contributed by atoms with Gasteiger partial charge in [0.15, 0.2) is 5.75 Å². The fourth-order valence-corrected chi connectivity index (χ4v) is 1.76. The van der Waals surface area contributed by atoms with E-state index in [2.05, 4.69) is 27.8 Å². The lowest BCUT2D eigenvalue weighted by molar-refractivity contribution is -0.385. The van der Waals surface area contributed by atoms with Gasteiger partial charge in [0.25, 0.3) is 0 Å². The van der Waals surface area contributed by atoms with Crippen LogP contribution in [0.2, 0.25) is 0 Å². The Morgan fingerprint density at radius 2 is 2.32 bits per heavy atom. The van der Waals surface area contributed by atoms with Crippen molar-refractivity contribution < 1.29 is 9.66 Å². The average molecular weight is 327 g/mol. The summed E-state index contributed by atoms with van der Waals surface area (Å²) in [6.45, 7) is 4.49. The van der Waals surface area contributed by atoms with Crippen LogP contribution < -0.4 is 10.1 Å². The summed E-state index contributed by atoms with van der Waals surface area (Å²) in [5.41, 5.74) is 0.882. The summed E-state index contributed by atoms with van der Waals surface area (Å²) in [6.07, 6.45) is 2.38. The molecule has 0 amide bonds. The first-order valence-electron chi connectivity index (χ1n) is 6.03. The third-order valence-corrected chi connectivity index (χ3v) is 3.01. The van der Waals surface area contributed by atoms with E-state index in [-0.39, 0.29) is 18.0 Å². The molecule has 0 aromatic heterocycles. The van der Waals surface area contributed by atoms with E-state index in [1.165, 1.54) is 12.8 Å². The standard InChI is InChI=1S/C13H15BrN2O3/c1-9(14)8-19-13-5-2-10(6-12(13)16(17)18)7-15-11-3-4-11/h2,5-6,11,15H,1,3-4,7-8H2. The highest BCUT2D eigenvalue weighted by Gasteiger charge is 2.21. The summed E-state index contributed by atoms with van der Waals surface area (Å²) < 4.78 is 5.98. The van der Waals surface area contributed by atoms with E-state index in [1.54, 1.807) is 12.1 Å². The Kier molecular flexibility index (Phi) is 4.55. The molecular formula is C13H15BrN2O3. The fraction of sp³-hybridized carbons (Fsp3) is 0.385. The monoisotopic (exact) mass is 326 g/mol. The molecule has 1 aliphatic carbocycles. The van der Waals surface area contributed by atoms with Crippen LogP contribution >= 0.6 is 15.9 Å². The first kappa shape index (κ1) is 14.0. The van der Waals surface area contributed by atoms with Crippen molar-refractivity contribution in [2.24, 2.45) is 0 Å². The zero-order valence-corrected chi connectivity index (χ0v) is 12.0. The predicted molar refractivity (Wildman–Crippen MR) is 76.5 cm³/mol. The smallest absolute Gasteiger partial charge is 0.311 e. The second kappa shape index (κ2) is 6.16. The van der Waals surface area contributed by atoms with Gasteiger partial charge in [-0.25, -0.2) is 0 Å². The van der Waals surface area contributed by atoms with Gasteiger partial charge < -0.3 is 10.1 Å². The molecule has 0 spiro atoms. The Morgan fingerprint density at radius 3 is 2.89 bits per heavy atom. The second-order valence-corrected chi connectivity index (χ2v) is 5.64. The van der Waals surface area contributed by atoms with Crippen molar-refractivity contribution in [3.8, 4) is 5.75 Å². The van der Waals surface area contributed by atoms with E-state index in [1.807, 2.05) is 6.07 Å². The number of nitrogens with zero attached hydrogens (tertiary/aromatic N) is 1. The van der Waals surface area contributed by atoms with Gasteiger partial charge in [0.05, 0.1) is 4.92 Å². The Hall–Kier alpha value is -1.40. The van der Waals surface area contributed by atoms with E-state index in [0.717, 1.165) is 5.56 Å². The maximum atomic E-state index is 11.0. The van der Waals surface area contributed by atoms with Crippen molar-refractivity contribution in [3.63, 3.8) is 0 Å². The summed E-state index contributed by atoms with van der Waals surface area (Å²) in [4.78, 5) is 10.6. The molecule has 1 aromatic carbocycles. The Bertz CT molecular complexity index is 501. The molecule has 0 aliphatic heterocycles. The molecule has 1 N–H and O–H groups in total. The van der Waals surface area contributed by atoms with E-state index >= 15 is 0 Å². The van der Waals surface area contributed by atoms with Gasteiger partial charge in [-0.2, -0.15) is 0 Å². The SMILES string of the molecule is C=C(Br)COc1ccc(CNC2CC2)cc1[N+](=O)[O-]. The van der Waals surface area contributed by atoms with Crippen LogP contribution in [0, 0.1) is 10.1 Å². The minimum absolute atomic E-state index is 0.0103. The molecule has 0 unspecified atom stereocenters. The number of hydrogen-bond acceptors (Lipinski definition) is 4. The van der Waals surface area contributed by atoms with Crippen LogP contribution in [0.5, 0.6) is 5.75 Å². The van der Waals surface area contributed by atoms with Crippen LogP contribution in [0.4, 0.5) is 5.69 Å². The third kappa shape index (κ3) is 4.33. The zero-order valence-electron chi connectivity index (χ0n) is 10.4. The molecule has 1 saturated carbocycles. The quantitative estimate of drug-likeness (QED) is 0.617. The maximum Gasteiger partial charge on any atom is 0.311 e. The van der Waals surface area contributed by atoms with E-state index in [0.29, 0.717) is 17.1 Å². The summed E-state index contributed by atoms with van der Waals surface area (Å²) in [5, 5.41) is 14.4. The molecule has 0 radical (unpaired) electrons. The lowest BCUT2D eigenvalue weighted by atomic mass is 10.2. The Balaban J connectivity index is 2.09. The molecule has 0 saturated heterocycles. The van der Waals surface area contributed by atoms with Crippen molar-refractivity contribution >= 4 is 21.6 Å². The first-order valence-corrected chi connectivity index (χ1v) is 6.82. The Labute approximate surface area is 119 Å². The number of nitrogens with one attached hydrogen (secondary N) is 1. The fourth-order valence-electron chi connectivity index (χ4n) is 1.64. The second-order valence-electron chi connectivity index (χ2n) is 4.52. The number of benzene rings is 1. The molecule has 19 heavy (non-hydrogen) atoms. The number of ether oxygens (including phenoxy) is 1. The lowest BCUT2D eigenvalue weighted by Gasteiger charge is -2.08. The molecule has 102 valence electrons. The molecule has 0 heterocycles. The number of hydrogen-bond donors (Lipinski definition) is 1. The van der Waals surface area contributed by atoms with Gasteiger partial charge in [0.1, 0.15) is 6.61 Å². The number of halogens is 1. The highest BCUT2D eigenvalue weighted by Crippen LogP contribution is 2.29. The summed E-state index contributed by atoms with van der Waals surface area (Å²) in [7, 11) is 0. The molecule has 6 heteroatoms. The summed E-state index contributed by atoms with van der Waals surface area (Å²) >= 11 is 3.16. The number of nitro benzene ring substituents is 1. The van der Waals surface area contributed by atoms with Crippen LogP contribution in [0.25, 0.3) is 0 Å². The van der Waals surface area contributed by atoms with E-state index in [9.17, 15) is 10.1 Å². The largest absolute Gasteiger partial charge is 0.481 e. The van der Waals surface area contributed by atoms with Gasteiger partial charge in [-0.3, -0.25) is 10.1 Å². The van der Waals surface area contributed by atoms with E-state index < -0.39 is 4.92 Å². The number of rotatable bonds is 7. The Morgan fingerprint density at radius 1 is 1.58 bits per heavy atom. The summed E-state index contributed by atoms with van der Waals surface area (Å²) in [6, 6.07) is 5.61. The maximum absolute atomic E-state index is 11.0. The van der Waals surface area contributed by atoms with Crippen LogP contribution in [-0.4, -0.2) is 17.6 Å². The predicted octanol–water partition coefficient (Wildman–Crippen LogP) is 3.13. The highest BCUT2D eigenvalue weighted by atomic mass is 79.9. The average Bonchev–Trinajstić information content (AvgIpc) is 3.18. The first-order chi connectivity index (χ1) is 9.06. The summed E-state index contributed by atoms with van der Waals surface area (Å²) in [5.74, 6) is 0.265. The third-order valence-electron chi connectivity index (χ3n) is 2.78. The van der Waals surface area contributed by atoms with E-state index in [4.69, 9.17) is 4.74 Å². The minimum Gasteiger partial charge on any atom is -0.481 e. The van der Waals surface area contributed by atoms with Crippen molar-refractivity contribution in [2.45, 2.75) is 25.4 Å². The van der Waals surface area contributed by atoms with Gasteiger partial charge in [-0.1, -0.05) is 28.6 Å². The lowest BCUT2D eigenvalue weighted by Crippen LogP contribution is -2.15. The molecule has 1 aliphatic rings. The van der Waals surface area contributed by atoms with Crippen molar-refractivity contribution in [2.75, 3.05) is 6.61 Å². The van der Waals surface area contributed by atoms with Crippen LogP contribution in [0.3, 0.4) is 0 Å². The topological polar surface area (TPSA) is 64.4 Å². The highest BCUT2D eigenvalue weighted by molar-refractivity contribution is 9.11. The van der Waals surface area contributed by atoms with Gasteiger partial charge in [0.2, 0.25) is 0 Å². The van der Waals surface area contributed by atoms with Gasteiger partial charge in [-0.05, 0) is 24.5 Å². The van der Waals surface area contributed by atoms with Crippen molar-refractivity contribution in [3.05, 3.63) is 44.9 Å². The minimum atomic E-state index is -0.424. The van der Waals surface area contributed by atoms with Gasteiger partial charge in [-0.15, -0.1) is 0 Å².